The average molecular weight is 729 g/mol. The van der Waals surface area contributed by atoms with Crippen molar-refractivity contribution < 1.29 is 32.3 Å². The summed E-state index contributed by atoms with van der Waals surface area (Å²) in [6.07, 6.45) is 2.79. The number of hydrogen-bond donors (Lipinski definition) is 3. The Morgan fingerprint density at radius 2 is 1.62 bits per heavy atom. The first-order chi connectivity index (χ1) is 24.7. The highest BCUT2D eigenvalue weighted by Gasteiger charge is 2.62. The summed E-state index contributed by atoms with van der Waals surface area (Å²) in [6.45, 7) is 9.70. The zero-order valence-electron chi connectivity index (χ0n) is 30.3. The van der Waals surface area contributed by atoms with Crippen molar-refractivity contribution >= 4 is 33.4 Å². The molecule has 3 amide bonds. The summed E-state index contributed by atoms with van der Waals surface area (Å²) in [4.78, 5) is 44.5. The van der Waals surface area contributed by atoms with Crippen molar-refractivity contribution in [1.29, 1.82) is 0 Å². The number of nitrogens with one attached hydrogen (secondary N) is 3. The van der Waals surface area contributed by atoms with Crippen LogP contribution in [0.5, 0.6) is 5.75 Å². The van der Waals surface area contributed by atoms with Gasteiger partial charge in [-0.1, -0.05) is 87.5 Å². The van der Waals surface area contributed by atoms with E-state index in [1.807, 2.05) is 93.6 Å². The summed E-state index contributed by atoms with van der Waals surface area (Å²) in [6, 6.07) is 23.3. The van der Waals surface area contributed by atoms with Gasteiger partial charge in [0.1, 0.15) is 29.0 Å². The first kappa shape index (κ1) is 37.1. The lowest BCUT2D eigenvalue weighted by Gasteiger charge is -2.36. The number of ether oxygens (including phenoxy) is 2. The molecule has 0 radical (unpaired) electrons. The first-order valence-corrected chi connectivity index (χ1v) is 19.1. The second-order valence-corrected chi connectivity index (χ2v) is 17.1. The van der Waals surface area contributed by atoms with E-state index in [1.54, 1.807) is 26.4 Å². The molecule has 3 fully saturated rings. The first-order valence-electron chi connectivity index (χ1n) is 17.6. The van der Waals surface area contributed by atoms with Crippen molar-refractivity contribution in [2.75, 3.05) is 26.1 Å². The number of nitrogens with zero attached hydrogens (tertiary/aromatic N) is 1. The summed E-state index contributed by atoms with van der Waals surface area (Å²) < 4.78 is 39.4. The monoisotopic (exact) mass is 728 g/mol. The molecule has 3 aliphatic rings. The molecule has 5 atom stereocenters. The minimum Gasteiger partial charge on any atom is -0.497 e. The SMILES string of the molecule is C=C[C@@H]1C[C@]1(NC(=O)[C@@H]1CC(OC)(c2ccc(-c3ccccc3)cc2)CN1C(=O)[C@H](Nc1cccc(OC)c1)C(C)(C)C)C(=O)NS(=O)(=O)C1CC1. The number of amides is 3. The van der Waals surface area contributed by atoms with Gasteiger partial charge in [-0.25, -0.2) is 8.42 Å². The minimum absolute atomic E-state index is 0.0532. The molecule has 11 nitrogen and oxygen atoms in total. The van der Waals surface area contributed by atoms with E-state index < -0.39 is 61.6 Å². The zero-order chi connectivity index (χ0) is 37.5. The third-order valence-corrected chi connectivity index (χ3v) is 12.4. The second-order valence-electron chi connectivity index (χ2n) is 15.2. The summed E-state index contributed by atoms with van der Waals surface area (Å²) in [7, 11) is -0.736. The van der Waals surface area contributed by atoms with Gasteiger partial charge < -0.3 is 25.0 Å². The number of carbonyl (C=O) groups excluding carboxylic acids is 3. The molecule has 276 valence electrons. The maximum absolute atomic E-state index is 14.9. The lowest BCUT2D eigenvalue weighted by atomic mass is 9.85. The molecule has 1 aliphatic heterocycles. The average Bonchev–Trinajstić information content (AvgIpc) is 4.07. The van der Waals surface area contributed by atoms with Gasteiger partial charge in [-0.3, -0.25) is 19.1 Å². The van der Waals surface area contributed by atoms with Crippen molar-refractivity contribution in [2.45, 2.75) is 74.9 Å². The number of rotatable bonds is 13. The number of benzene rings is 3. The maximum Gasteiger partial charge on any atom is 0.259 e. The molecule has 1 heterocycles. The molecule has 6 rings (SSSR count). The van der Waals surface area contributed by atoms with Crippen LogP contribution in [0.15, 0.2) is 91.5 Å². The Morgan fingerprint density at radius 3 is 2.19 bits per heavy atom. The molecule has 2 saturated carbocycles. The molecule has 12 heteroatoms. The summed E-state index contributed by atoms with van der Waals surface area (Å²) >= 11 is 0. The Hall–Kier alpha value is -4.68. The lowest BCUT2D eigenvalue weighted by Crippen LogP contribution is -2.58. The van der Waals surface area contributed by atoms with Crippen LogP contribution in [0.25, 0.3) is 11.1 Å². The van der Waals surface area contributed by atoms with Gasteiger partial charge in [-0.05, 0) is 53.5 Å². The van der Waals surface area contributed by atoms with Crippen LogP contribution in [0.3, 0.4) is 0 Å². The van der Waals surface area contributed by atoms with Crippen LogP contribution in [-0.2, 0) is 34.7 Å². The molecule has 1 unspecified atom stereocenters. The lowest BCUT2D eigenvalue weighted by molar-refractivity contribution is -0.142. The number of methoxy groups -OCH3 is 2. The minimum atomic E-state index is -3.87. The van der Waals surface area contributed by atoms with E-state index >= 15 is 0 Å². The van der Waals surface area contributed by atoms with Crippen molar-refractivity contribution in [2.24, 2.45) is 11.3 Å². The largest absolute Gasteiger partial charge is 0.497 e. The van der Waals surface area contributed by atoms with Crippen LogP contribution in [0.1, 0.15) is 52.0 Å². The second kappa shape index (κ2) is 14.0. The van der Waals surface area contributed by atoms with Crippen LogP contribution < -0.4 is 20.1 Å². The molecular weight excluding hydrogens is 681 g/mol. The van der Waals surface area contributed by atoms with Gasteiger partial charge in [0, 0.05) is 31.2 Å². The van der Waals surface area contributed by atoms with Crippen LogP contribution in [0, 0.1) is 11.3 Å². The molecule has 3 N–H and O–H groups in total. The van der Waals surface area contributed by atoms with Crippen molar-refractivity contribution in [3.8, 4) is 16.9 Å². The van der Waals surface area contributed by atoms with Crippen molar-refractivity contribution in [1.82, 2.24) is 14.9 Å². The Kier molecular flexibility index (Phi) is 10.0. The van der Waals surface area contributed by atoms with Gasteiger partial charge in [0.05, 0.1) is 18.9 Å². The number of sulfonamides is 1. The van der Waals surface area contributed by atoms with Crippen LogP contribution in [0.4, 0.5) is 5.69 Å². The van der Waals surface area contributed by atoms with Gasteiger partial charge in [0.15, 0.2) is 0 Å². The zero-order valence-corrected chi connectivity index (χ0v) is 31.2. The van der Waals surface area contributed by atoms with Crippen LogP contribution in [0.2, 0.25) is 0 Å². The third kappa shape index (κ3) is 7.31. The molecule has 52 heavy (non-hydrogen) atoms. The predicted octanol–water partition coefficient (Wildman–Crippen LogP) is 5.00. The van der Waals surface area contributed by atoms with E-state index in [-0.39, 0.29) is 25.3 Å². The summed E-state index contributed by atoms with van der Waals surface area (Å²) in [5.41, 5.74) is 0.316. The smallest absolute Gasteiger partial charge is 0.259 e. The summed E-state index contributed by atoms with van der Waals surface area (Å²) in [5, 5.41) is 5.66. The van der Waals surface area contributed by atoms with Crippen LogP contribution in [-0.4, -0.2) is 74.7 Å². The highest BCUT2D eigenvalue weighted by Crippen LogP contribution is 2.47. The van der Waals surface area contributed by atoms with Gasteiger partial charge in [-0.2, -0.15) is 0 Å². The van der Waals surface area contributed by atoms with Gasteiger partial charge in [0.25, 0.3) is 5.91 Å². The van der Waals surface area contributed by atoms with Gasteiger partial charge in [0.2, 0.25) is 21.8 Å². The molecule has 1 saturated heterocycles. The highest BCUT2D eigenvalue weighted by atomic mass is 32.2. The Bertz CT molecular complexity index is 1940. The molecule has 3 aromatic carbocycles. The van der Waals surface area contributed by atoms with Gasteiger partial charge in [-0.15, -0.1) is 6.58 Å². The van der Waals surface area contributed by atoms with E-state index in [4.69, 9.17) is 9.47 Å². The molecular formula is C40H48N4O7S. The van der Waals surface area contributed by atoms with E-state index in [2.05, 4.69) is 21.9 Å². The van der Waals surface area contributed by atoms with Crippen molar-refractivity contribution in [3.05, 3.63) is 97.1 Å². The number of anilines is 1. The summed E-state index contributed by atoms with van der Waals surface area (Å²) in [5.74, 6) is -1.57. The number of hydrogen-bond acceptors (Lipinski definition) is 8. The predicted molar refractivity (Wildman–Crippen MR) is 200 cm³/mol. The molecule has 0 bridgehead atoms. The maximum atomic E-state index is 14.9. The molecule has 0 aromatic heterocycles. The fourth-order valence-corrected chi connectivity index (χ4v) is 8.49. The quantitative estimate of drug-likeness (QED) is 0.209. The Balaban J connectivity index is 1.35. The van der Waals surface area contributed by atoms with E-state index in [0.29, 0.717) is 24.3 Å². The number of likely N-dealkylation sites (tertiary alicyclic amines) is 1. The Morgan fingerprint density at radius 1 is 0.942 bits per heavy atom. The van der Waals surface area contributed by atoms with E-state index in [1.165, 1.54) is 4.90 Å². The molecule has 2 aliphatic carbocycles. The fraction of sp³-hybridized carbons (Fsp3) is 0.425. The number of carbonyl (C=O) groups is 3. The molecule has 3 aromatic rings. The molecule has 0 spiro atoms. The highest BCUT2D eigenvalue weighted by molar-refractivity contribution is 7.91. The van der Waals surface area contributed by atoms with Crippen LogP contribution >= 0.6 is 0 Å². The van der Waals surface area contributed by atoms with E-state index in [9.17, 15) is 22.8 Å². The normalized spacial score (nSPS) is 24.8. The van der Waals surface area contributed by atoms with E-state index in [0.717, 1.165) is 16.7 Å². The topological polar surface area (TPSA) is 143 Å². The third-order valence-electron chi connectivity index (χ3n) is 10.6. The standard InChI is InChI=1S/C40H48N4O7S/c1-7-28-23-40(28,37(47)43-52(48,49)32-20-21-32)42-35(45)33-24-39(51-6,29-18-16-27(17-19-29)26-12-9-8-10-13-26)25-44(33)36(46)34(38(2,3)4)41-30-14-11-15-31(22-30)50-5/h7-19,22,28,32-34,41H,1,20-21,23-25H2,2-6H3,(H,42,45)(H,43,47)/t28-,33+,34+,39?,40-/m1/s1. The van der Waals surface area contributed by atoms with Crippen molar-refractivity contribution in [3.63, 3.8) is 0 Å². The fourth-order valence-electron chi connectivity index (χ4n) is 7.12. The Labute approximate surface area is 306 Å². The van der Waals surface area contributed by atoms with Gasteiger partial charge >= 0.3 is 0 Å².